The first-order valence-electron chi connectivity index (χ1n) is 54.2. The SMILES string of the molecule is [2H]c1c([2H])c([2H])c(-c2cc(-c3c([2H])c([2H])c([2H])c([Si](c4c([2H])c([2H])c([2H])c([2H])c4[2H])(c4c([2H])c([2H])c([2H])c([2H])c4[2H])c4c([2H])c([2H])c([2H])c([2H])c4[2H])c3[2H])c(-[n+]3[c-]n(-c4[c-]c(Oc5[c-]c6c(cc5)c5ccccc5n6-c5cc(C(C)(C)C)ccn5)ccc4)c4cc(-c5c(C([2H])([2H])[2H])cccc5C([2H])([2H])[2H])ccc43)c([Si](c3c([2H])c([2H])c([2H])c([2H])c3[2H])(c3c([2H])c([2H])c([2H])c([2H])c3[2H])c3c([2H])c([2H])c([2H])c([2H])c3[2H])c2)c([2H])c1[2H].[Pt]. The molecule has 0 spiro atoms. The van der Waals surface area contributed by atoms with Crippen molar-refractivity contribution in [3.05, 3.63) is 392 Å². The molecule has 504 valence electrons. The molecule has 3 aromatic heterocycles. The van der Waals surface area contributed by atoms with Crippen LogP contribution in [0.2, 0.25) is 0 Å². The Kier molecular flexibility index (Phi) is 8.95. The Labute approximate surface area is 688 Å². The van der Waals surface area contributed by atoms with Gasteiger partial charge in [-0.1, -0.05) is 317 Å². The number of ether oxygens (including phenoxy) is 1. The summed E-state index contributed by atoms with van der Waals surface area (Å²) >= 11 is 0. The maximum absolute atomic E-state index is 11.7. The molecule has 0 aliphatic rings. The summed E-state index contributed by atoms with van der Waals surface area (Å²) in [6, 6.07) is -22.3. The molecule has 104 heavy (non-hydrogen) atoms. The minimum Gasteiger partial charge on any atom is -0.510 e. The van der Waals surface area contributed by atoms with Gasteiger partial charge in [-0.2, -0.15) is 18.2 Å². The molecule has 8 heteroatoms. The van der Waals surface area contributed by atoms with E-state index in [0.29, 0.717) is 22.2 Å². The van der Waals surface area contributed by atoms with Gasteiger partial charge in [0.1, 0.15) is 5.82 Å². The van der Waals surface area contributed by atoms with Crippen molar-refractivity contribution in [2.45, 2.75) is 39.9 Å². The zero-order valence-corrected chi connectivity index (χ0v) is 58.8. The van der Waals surface area contributed by atoms with Crippen LogP contribution in [0.5, 0.6) is 11.5 Å². The standard InChI is InChI=1S/C96H74N4OSi2.Pt/c1-68-32-29-33-69(2)94(68)72-54-57-89-91(62-72)98(75-37-31-38-76(65-75)101-77-55-56-86-85-52-27-28-53-88(85)100(90(86)66-77)93-64-74(58-59-97-93)96(3,4)5)67-99(89)95-87(71-36-30-51-84(60-71)102(78-39-15-7-16-40-78,79-41-17-8-18-42-79)80-43-19-9-20-44-80)61-73(70-34-13-6-14-35-70)63-92(95)103(81-45-21-10-22-46-81,82-47-23-11-24-48-82)83-49-25-12-26-50-83;/h6-64H,1-5H3;/q-2;/i1D3,2D3,6D,7D,8D,9D,10D,11D,12D,13D,14D,15D,16D,17D,18D,19D,20D,21D,22D,23D,24D,25D,26D,30D,34D,35D,36D,39D,40D,41D,42D,43D,44D,45D,46D,47D,48D,49D,50D,51D,60D;. The predicted octanol–water partition coefficient (Wildman–Crippen LogP) is 17.3. The molecular weight excluding hydrogens is 1480 g/mol. The van der Waals surface area contributed by atoms with Crippen molar-refractivity contribution in [3.8, 4) is 62.1 Å². The molecule has 0 bridgehead atoms. The number of benzene rings is 14. The molecular formula is C96H74N4OPtSi2-2. The van der Waals surface area contributed by atoms with E-state index in [0.717, 1.165) is 62.5 Å². The van der Waals surface area contributed by atoms with E-state index in [4.69, 9.17) is 23.4 Å². The average molecular weight is 1600 g/mol. The van der Waals surface area contributed by atoms with Gasteiger partial charge < -0.3 is 13.9 Å². The molecule has 0 saturated carbocycles. The Morgan fingerprint density at radius 1 is 0.452 bits per heavy atom. The van der Waals surface area contributed by atoms with E-state index < -0.39 is 363 Å². The second kappa shape index (κ2) is 28.0. The summed E-state index contributed by atoms with van der Waals surface area (Å²) < 4.78 is 453. The van der Waals surface area contributed by atoms with E-state index in [2.05, 4.69) is 18.5 Å². The molecule has 14 aromatic carbocycles. The van der Waals surface area contributed by atoms with E-state index in [-0.39, 0.29) is 49.2 Å². The zero-order valence-electron chi connectivity index (χ0n) is 99.6. The summed E-state index contributed by atoms with van der Waals surface area (Å²) in [7, 11) is -14.4. The Morgan fingerprint density at radius 3 is 1.58 bits per heavy atom. The topological polar surface area (TPSA) is 35.9 Å². The van der Waals surface area contributed by atoms with Crippen LogP contribution in [-0.2, 0) is 26.5 Å². The summed E-state index contributed by atoms with van der Waals surface area (Å²) in [5, 5.41) is -9.77. The molecule has 17 rings (SSSR count). The van der Waals surface area contributed by atoms with Crippen molar-refractivity contribution in [2.24, 2.45) is 0 Å². The van der Waals surface area contributed by atoms with E-state index in [1.165, 1.54) is 24.3 Å². The number of hydrogen-bond acceptors (Lipinski definition) is 2. The van der Waals surface area contributed by atoms with Crippen LogP contribution in [0.1, 0.15) is 99.1 Å². The first kappa shape index (κ1) is 33.2. The summed E-state index contributed by atoms with van der Waals surface area (Å²) in [6.45, 7) is -0.392. The third-order valence-electron chi connectivity index (χ3n) is 17.7. The minimum atomic E-state index is -7.30. The quantitative estimate of drug-likeness (QED) is 0.0418. The number of nitrogens with zero attached hydrogens (tertiary/aromatic N) is 4. The van der Waals surface area contributed by atoms with Crippen molar-refractivity contribution in [1.82, 2.24) is 14.1 Å². The molecule has 3 heterocycles. The van der Waals surface area contributed by atoms with Gasteiger partial charge in [0.15, 0.2) is 16.1 Å². The summed E-state index contributed by atoms with van der Waals surface area (Å²) in [4.78, 5) is 4.80. The van der Waals surface area contributed by atoms with Crippen molar-refractivity contribution >= 4 is 90.5 Å². The van der Waals surface area contributed by atoms with Crippen molar-refractivity contribution in [3.63, 3.8) is 0 Å². The monoisotopic (exact) mass is 1590 g/mol. The second-order valence-corrected chi connectivity index (χ2v) is 31.5. The van der Waals surface area contributed by atoms with E-state index in [9.17, 15) is 48.0 Å². The molecule has 0 aliphatic heterocycles. The predicted molar refractivity (Wildman–Crippen MR) is 432 cm³/mol. The van der Waals surface area contributed by atoms with Gasteiger partial charge in [0.2, 0.25) is 0 Å². The zero-order chi connectivity index (χ0) is 109. The number of para-hydroxylation sites is 1. The van der Waals surface area contributed by atoms with Crippen LogP contribution in [0.25, 0.3) is 83.4 Å². The van der Waals surface area contributed by atoms with Gasteiger partial charge in [0.05, 0.1) is 70.2 Å². The minimum absolute atomic E-state index is 0. The third kappa shape index (κ3) is 11.8. The van der Waals surface area contributed by atoms with Crippen molar-refractivity contribution in [2.75, 3.05) is 0 Å². The number of imidazole rings is 1. The van der Waals surface area contributed by atoms with Gasteiger partial charge in [0, 0.05) is 52.5 Å². The Morgan fingerprint density at radius 2 is 0.990 bits per heavy atom. The summed E-state index contributed by atoms with van der Waals surface area (Å²) in [5.41, 5.74) is -7.70. The Balaban J connectivity index is 0.0000158. The molecule has 0 amide bonds. The van der Waals surface area contributed by atoms with Crippen LogP contribution < -0.4 is 50.8 Å². The number of aromatic nitrogens is 4. The molecule has 5 nitrogen and oxygen atoms in total. The Bertz CT molecular complexity index is 8160. The normalized spacial score (nSPS) is 18.2. The summed E-state index contributed by atoms with van der Waals surface area (Å²) in [5.74, 6) is 0.224. The molecule has 0 radical (unpaired) electrons. The molecule has 0 aliphatic carbocycles. The van der Waals surface area contributed by atoms with Crippen LogP contribution in [-0.4, -0.2) is 30.3 Å². The van der Waals surface area contributed by atoms with Gasteiger partial charge in [-0.05, 0) is 152 Å². The molecule has 0 N–H and O–H groups in total. The fraction of sp³-hybridized carbons (Fsp3) is 0.0625. The van der Waals surface area contributed by atoms with Crippen molar-refractivity contribution < 1.29 is 92.1 Å². The molecule has 0 atom stereocenters. The maximum atomic E-state index is 11.7. The summed E-state index contributed by atoms with van der Waals surface area (Å²) in [6.07, 6.45) is 4.82. The number of fused-ring (bicyclic) bond motifs is 4. The first-order chi connectivity index (χ1) is 69.1. The van der Waals surface area contributed by atoms with E-state index >= 15 is 0 Å². The van der Waals surface area contributed by atoms with Gasteiger partial charge in [0.25, 0.3) is 6.33 Å². The smallest absolute Gasteiger partial charge is 0.268 e. The number of pyridine rings is 1. The van der Waals surface area contributed by atoms with E-state index in [1.807, 2.05) is 61.7 Å². The molecule has 17 aromatic rings. The van der Waals surface area contributed by atoms with Crippen LogP contribution in [0.3, 0.4) is 0 Å². The number of aryl methyl sites for hydroxylation is 2. The third-order valence-corrected chi connectivity index (χ3v) is 25.9. The first-order valence-corrected chi connectivity index (χ1v) is 35.7. The van der Waals surface area contributed by atoms with Gasteiger partial charge in [-0.25, -0.2) is 4.98 Å². The van der Waals surface area contributed by atoms with Gasteiger partial charge >= 0.3 is 0 Å². The Hall–Kier alpha value is -11.6. The molecule has 0 saturated heterocycles. The van der Waals surface area contributed by atoms with Crippen LogP contribution in [0, 0.1) is 32.2 Å². The van der Waals surface area contributed by atoms with Crippen molar-refractivity contribution in [1.29, 1.82) is 0 Å². The number of hydrogen-bond donors (Lipinski definition) is 0. The molecule has 0 unspecified atom stereocenters. The van der Waals surface area contributed by atoms with E-state index in [1.54, 1.807) is 18.3 Å². The van der Waals surface area contributed by atoms with Gasteiger partial charge in [-0.3, -0.25) is 4.57 Å². The molecule has 0 fully saturated rings. The number of rotatable bonds is 16. The average Bonchev–Trinajstić information content (AvgIpc) is 1.59. The van der Waals surface area contributed by atoms with Crippen LogP contribution in [0.15, 0.2) is 357 Å². The van der Waals surface area contributed by atoms with Crippen LogP contribution in [0.4, 0.5) is 0 Å². The second-order valence-electron chi connectivity index (χ2n) is 24.5. The largest absolute Gasteiger partial charge is 0.510 e. The maximum Gasteiger partial charge on any atom is 0.268 e. The fourth-order valence-electron chi connectivity index (χ4n) is 13.1. The van der Waals surface area contributed by atoms with Gasteiger partial charge in [-0.15, -0.1) is 29.7 Å². The fourth-order valence-corrected chi connectivity index (χ4v) is 20.7. The van der Waals surface area contributed by atoms with Crippen LogP contribution >= 0.6 is 0 Å².